The number of nitrogens with one attached hydrogen (secondary N) is 1. The van der Waals surface area contributed by atoms with Crippen molar-refractivity contribution in [2.24, 2.45) is 5.92 Å². The van der Waals surface area contributed by atoms with Gasteiger partial charge >= 0.3 is 6.18 Å². The zero-order valence-electron chi connectivity index (χ0n) is 14.8. The van der Waals surface area contributed by atoms with E-state index in [0.717, 1.165) is 25.0 Å². The fraction of sp³-hybridized carbons (Fsp3) is 0.647. The van der Waals surface area contributed by atoms with Gasteiger partial charge in [-0.3, -0.25) is 20.2 Å². The third kappa shape index (κ3) is 7.03. The average Bonchev–Trinajstić information content (AvgIpc) is 3.36. The highest BCUT2D eigenvalue weighted by molar-refractivity contribution is 5.60. The number of anilines is 1. The molecule has 1 saturated carbocycles. The molecule has 1 aromatic carbocycles. The molecule has 27 heavy (non-hydrogen) atoms. The third-order valence-corrected chi connectivity index (χ3v) is 4.47. The minimum absolute atomic E-state index is 0.126. The van der Waals surface area contributed by atoms with Gasteiger partial charge in [-0.2, -0.15) is 13.2 Å². The maximum Gasteiger partial charge on any atom is 0.416 e. The first-order chi connectivity index (χ1) is 12.7. The predicted molar refractivity (Wildman–Crippen MR) is 93.0 cm³/mol. The van der Waals surface area contributed by atoms with Crippen molar-refractivity contribution in [3.63, 3.8) is 0 Å². The fourth-order valence-corrected chi connectivity index (χ4v) is 2.92. The maximum atomic E-state index is 13.3. The molecule has 0 aliphatic heterocycles. The van der Waals surface area contributed by atoms with Gasteiger partial charge in [0.05, 0.1) is 5.56 Å². The average molecular weight is 389 g/mol. The lowest BCUT2D eigenvalue weighted by Crippen LogP contribution is -2.14. The number of aryl methyl sites for hydroxylation is 2. The molecule has 0 saturated heterocycles. The molecule has 1 aromatic rings. The van der Waals surface area contributed by atoms with Gasteiger partial charge in [-0.1, -0.05) is 0 Å². The molecule has 150 valence electrons. The highest BCUT2D eigenvalue weighted by Gasteiger charge is 2.32. The van der Waals surface area contributed by atoms with Crippen LogP contribution >= 0.6 is 0 Å². The van der Waals surface area contributed by atoms with Crippen LogP contribution in [0.5, 0.6) is 0 Å². The SMILES string of the molecule is O=[N+]([O-])CCCc1cc(C(F)(F)F)cc(CCC[N+](=O)[O-])c1NCC1CC1. The van der Waals surface area contributed by atoms with Gasteiger partial charge in [0.2, 0.25) is 13.1 Å². The summed E-state index contributed by atoms with van der Waals surface area (Å²) in [4.78, 5) is 20.1. The number of nitrogens with zero attached hydrogens (tertiary/aromatic N) is 2. The molecule has 0 bridgehead atoms. The zero-order chi connectivity index (χ0) is 20.0. The fourth-order valence-electron chi connectivity index (χ4n) is 2.92. The van der Waals surface area contributed by atoms with Gasteiger partial charge in [-0.25, -0.2) is 0 Å². The molecule has 0 aromatic heterocycles. The second kappa shape index (κ2) is 9.01. The molecule has 0 heterocycles. The second-order valence-corrected chi connectivity index (χ2v) is 6.81. The summed E-state index contributed by atoms with van der Waals surface area (Å²) in [5, 5.41) is 24.3. The van der Waals surface area contributed by atoms with E-state index in [2.05, 4.69) is 5.32 Å². The molecule has 1 aliphatic rings. The minimum atomic E-state index is -4.55. The molecule has 1 aliphatic carbocycles. The van der Waals surface area contributed by atoms with E-state index in [0.29, 0.717) is 29.3 Å². The van der Waals surface area contributed by atoms with Crippen LogP contribution in [0.25, 0.3) is 0 Å². The number of benzene rings is 1. The van der Waals surface area contributed by atoms with Crippen LogP contribution in [-0.4, -0.2) is 29.5 Å². The van der Waals surface area contributed by atoms with E-state index < -0.39 is 21.6 Å². The monoisotopic (exact) mass is 389 g/mol. The number of halogens is 3. The normalized spacial score (nSPS) is 14.2. The molecule has 0 atom stereocenters. The molecular weight excluding hydrogens is 367 g/mol. The molecule has 0 amide bonds. The first-order valence-electron chi connectivity index (χ1n) is 8.87. The first kappa shape index (κ1) is 20.9. The highest BCUT2D eigenvalue weighted by Crippen LogP contribution is 2.36. The van der Waals surface area contributed by atoms with Crippen LogP contribution < -0.4 is 5.32 Å². The third-order valence-electron chi connectivity index (χ3n) is 4.47. The van der Waals surface area contributed by atoms with Crippen molar-refractivity contribution < 1.29 is 23.0 Å². The van der Waals surface area contributed by atoms with Gasteiger partial charge in [0, 0.05) is 34.9 Å². The Hall–Kier alpha value is -2.39. The Labute approximate surface area is 154 Å². The van der Waals surface area contributed by atoms with Crippen molar-refractivity contribution >= 4 is 5.69 Å². The summed E-state index contributed by atoms with van der Waals surface area (Å²) in [6, 6.07) is 2.07. The Morgan fingerprint density at radius 2 is 1.48 bits per heavy atom. The summed E-state index contributed by atoms with van der Waals surface area (Å²) in [6.45, 7) is -0.0280. The smallest absolute Gasteiger partial charge is 0.384 e. The molecule has 1 N–H and O–H groups in total. The van der Waals surface area contributed by atoms with Crippen LogP contribution in [0.3, 0.4) is 0 Å². The lowest BCUT2D eigenvalue weighted by atomic mass is 9.96. The van der Waals surface area contributed by atoms with E-state index in [-0.39, 0.29) is 38.8 Å². The van der Waals surface area contributed by atoms with E-state index in [1.807, 2.05) is 0 Å². The minimum Gasteiger partial charge on any atom is -0.384 e. The van der Waals surface area contributed by atoms with Crippen LogP contribution in [0.4, 0.5) is 18.9 Å². The van der Waals surface area contributed by atoms with E-state index in [9.17, 15) is 33.4 Å². The van der Waals surface area contributed by atoms with Gasteiger partial charge in [0.25, 0.3) is 0 Å². The van der Waals surface area contributed by atoms with Crippen LogP contribution in [0.1, 0.15) is 42.4 Å². The highest BCUT2D eigenvalue weighted by atomic mass is 19.4. The van der Waals surface area contributed by atoms with Crippen LogP contribution in [0.15, 0.2) is 12.1 Å². The Morgan fingerprint density at radius 1 is 1.00 bits per heavy atom. The first-order valence-corrected chi connectivity index (χ1v) is 8.87. The summed E-state index contributed by atoms with van der Waals surface area (Å²) in [7, 11) is 0. The zero-order valence-corrected chi connectivity index (χ0v) is 14.8. The van der Waals surface area contributed by atoms with E-state index >= 15 is 0 Å². The Morgan fingerprint density at radius 3 is 1.85 bits per heavy atom. The summed E-state index contributed by atoms with van der Waals surface area (Å²) in [5.41, 5.74) is 0.472. The molecule has 0 spiro atoms. The molecular formula is C17H22F3N3O4. The topological polar surface area (TPSA) is 98.3 Å². The van der Waals surface area contributed by atoms with Gasteiger partial charge < -0.3 is 5.32 Å². The number of alkyl halides is 3. The van der Waals surface area contributed by atoms with Crippen LogP contribution in [0, 0.1) is 26.1 Å². The molecule has 0 unspecified atom stereocenters. The number of rotatable bonds is 11. The van der Waals surface area contributed by atoms with E-state index in [1.54, 1.807) is 0 Å². The summed E-state index contributed by atoms with van der Waals surface area (Å²) < 4.78 is 39.8. The Balaban J connectivity index is 2.30. The van der Waals surface area contributed by atoms with Crippen molar-refractivity contribution in [1.29, 1.82) is 0 Å². The summed E-state index contributed by atoms with van der Waals surface area (Å²) in [6.07, 6.45) is -1.91. The van der Waals surface area contributed by atoms with E-state index in [1.165, 1.54) is 0 Å². The van der Waals surface area contributed by atoms with E-state index in [4.69, 9.17) is 0 Å². The van der Waals surface area contributed by atoms with Crippen molar-refractivity contribution in [3.8, 4) is 0 Å². The predicted octanol–water partition coefficient (Wildman–Crippen LogP) is 3.95. The quantitative estimate of drug-likeness (QED) is 0.456. The summed E-state index contributed by atoms with van der Waals surface area (Å²) in [5.74, 6) is 0.477. The lowest BCUT2D eigenvalue weighted by Gasteiger charge is -2.19. The Kier molecular flexibility index (Phi) is 6.98. The van der Waals surface area contributed by atoms with Gasteiger partial charge in [0.15, 0.2) is 0 Å². The molecule has 10 heteroatoms. The standard InChI is InChI=1S/C17H22F3N3O4/c18-17(19,20)15-9-13(3-1-7-22(24)25)16(21-11-12-5-6-12)14(10-15)4-2-8-23(26)27/h9-10,12,21H,1-8,11H2. The van der Waals surface area contributed by atoms with Crippen LogP contribution in [0.2, 0.25) is 0 Å². The molecule has 0 radical (unpaired) electrons. The van der Waals surface area contributed by atoms with Crippen molar-refractivity contribution in [3.05, 3.63) is 49.1 Å². The van der Waals surface area contributed by atoms with Crippen molar-refractivity contribution in [2.75, 3.05) is 25.0 Å². The number of hydrogen-bond donors (Lipinski definition) is 1. The van der Waals surface area contributed by atoms with Crippen LogP contribution in [-0.2, 0) is 19.0 Å². The van der Waals surface area contributed by atoms with Gasteiger partial charge in [0.1, 0.15) is 0 Å². The summed E-state index contributed by atoms with van der Waals surface area (Å²) >= 11 is 0. The van der Waals surface area contributed by atoms with Gasteiger partial charge in [-0.15, -0.1) is 0 Å². The van der Waals surface area contributed by atoms with Crippen molar-refractivity contribution in [1.82, 2.24) is 0 Å². The molecule has 1 fully saturated rings. The molecule has 7 nitrogen and oxygen atoms in total. The number of hydrogen-bond acceptors (Lipinski definition) is 5. The second-order valence-electron chi connectivity index (χ2n) is 6.81. The largest absolute Gasteiger partial charge is 0.416 e. The molecule has 2 rings (SSSR count). The Bertz CT molecular complexity index is 649. The van der Waals surface area contributed by atoms with Gasteiger partial charge in [-0.05, 0) is 54.9 Å². The maximum absolute atomic E-state index is 13.3. The number of nitro groups is 2. The van der Waals surface area contributed by atoms with Crippen molar-refractivity contribution in [2.45, 2.75) is 44.7 Å². The lowest BCUT2D eigenvalue weighted by molar-refractivity contribution is -0.480.